The van der Waals surface area contributed by atoms with Crippen molar-refractivity contribution in [1.29, 1.82) is 0 Å². The van der Waals surface area contributed by atoms with Gasteiger partial charge in [0.15, 0.2) is 0 Å². The third-order valence-electron chi connectivity index (χ3n) is 2.74. The molecule has 1 N–H and O–H groups in total. The van der Waals surface area contributed by atoms with E-state index in [1.54, 1.807) is 12.1 Å². The van der Waals surface area contributed by atoms with Gasteiger partial charge < -0.3 is 5.32 Å². The Kier molecular flexibility index (Phi) is 3.78. The van der Waals surface area contributed by atoms with Crippen LogP contribution in [0.15, 0.2) is 18.2 Å². The summed E-state index contributed by atoms with van der Waals surface area (Å²) < 4.78 is 0. The molecule has 1 aliphatic rings. The number of imide groups is 1. The zero-order valence-corrected chi connectivity index (χ0v) is 11.3. The highest BCUT2D eigenvalue weighted by molar-refractivity contribution is 6.42. The molecule has 4 nitrogen and oxygen atoms in total. The summed E-state index contributed by atoms with van der Waals surface area (Å²) in [5, 5.41) is 3.40. The van der Waals surface area contributed by atoms with Gasteiger partial charge in [0.25, 0.3) is 0 Å². The first-order valence-corrected chi connectivity index (χ1v) is 6.30. The minimum Gasteiger partial charge on any atom is -0.337 e. The third kappa shape index (κ3) is 2.60. The van der Waals surface area contributed by atoms with Crippen LogP contribution in [-0.2, 0) is 4.79 Å². The summed E-state index contributed by atoms with van der Waals surface area (Å²) in [6, 6.07) is 4.25. The lowest BCUT2D eigenvalue weighted by molar-refractivity contribution is -0.118. The van der Waals surface area contributed by atoms with E-state index in [2.05, 4.69) is 5.32 Å². The SMILES string of the molecule is CC1CNC(=O)N(c2ccc(Cl)c(Cl)c2)C(=O)C1. The summed E-state index contributed by atoms with van der Waals surface area (Å²) in [7, 11) is 0. The van der Waals surface area contributed by atoms with Crippen LogP contribution < -0.4 is 10.2 Å². The summed E-state index contributed by atoms with van der Waals surface area (Å²) in [6.07, 6.45) is 0.318. The van der Waals surface area contributed by atoms with Crippen LogP contribution in [0.5, 0.6) is 0 Å². The van der Waals surface area contributed by atoms with Crippen LogP contribution in [-0.4, -0.2) is 18.5 Å². The first kappa shape index (κ1) is 13.2. The number of anilines is 1. The molecule has 2 rings (SSSR count). The van der Waals surface area contributed by atoms with Gasteiger partial charge in [-0.25, -0.2) is 9.69 Å². The molecule has 3 amide bonds. The monoisotopic (exact) mass is 286 g/mol. The number of rotatable bonds is 1. The van der Waals surface area contributed by atoms with Gasteiger partial charge in [-0.2, -0.15) is 0 Å². The van der Waals surface area contributed by atoms with Gasteiger partial charge in [-0.05, 0) is 24.1 Å². The summed E-state index contributed by atoms with van der Waals surface area (Å²) in [4.78, 5) is 25.0. The number of hydrogen-bond donors (Lipinski definition) is 1. The summed E-state index contributed by atoms with van der Waals surface area (Å²) in [5.74, 6) is -0.120. The van der Waals surface area contributed by atoms with Gasteiger partial charge >= 0.3 is 6.03 Å². The van der Waals surface area contributed by atoms with Crippen LogP contribution in [0.1, 0.15) is 13.3 Å². The fourth-order valence-electron chi connectivity index (χ4n) is 1.80. The topological polar surface area (TPSA) is 49.4 Å². The minimum absolute atomic E-state index is 0.120. The molecular weight excluding hydrogens is 275 g/mol. The Balaban J connectivity index is 2.37. The van der Waals surface area contributed by atoms with E-state index in [0.717, 1.165) is 4.90 Å². The lowest BCUT2D eigenvalue weighted by atomic mass is 10.1. The van der Waals surface area contributed by atoms with E-state index >= 15 is 0 Å². The van der Waals surface area contributed by atoms with Gasteiger partial charge in [-0.3, -0.25) is 4.79 Å². The van der Waals surface area contributed by atoms with E-state index in [1.165, 1.54) is 6.07 Å². The quantitative estimate of drug-likeness (QED) is 0.863. The highest BCUT2D eigenvalue weighted by Gasteiger charge is 2.28. The van der Waals surface area contributed by atoms with Gasteiger partial charge in [0.05, 0.1) is 15.7 Å². The van der Waals surface area contributed by atoms with Crippen LogP contribution in [0.3, 0.4) is 0 Å². The maximum Gasteiger partial charge on any atom is 0.328 e. The van der Waals surface area contributed by atoms with Crippen LogP contribution in [0.2, 0.25) is 10.0 Å². The van der Waals surface area contributed by atoms with E-state index < -0.39 is 6.03 Å². The molecule has 1 heterocycles. The molecule has 1 atom stereocenters. The van der Waals surface area contributed by atoms with Crippen molar-refractivity contribution in [2.75, 3.05) is 11.4 Å². The van der Waals surface area contributed by atoms with Crippen molar-refractivity contribution < 1.29 is 9.59 Å². The van der Waals surface area contributed by atoms with Crippen molar-refractivity contribution in [3.05, 3.63) is 28.2 Å². The minimum atomic E-state index is -0.428. The molecule has 18 heavy (non-hydrogen) atoms. The van der Waals surface area contributed by atoms with Crippen LogP contribution in [0.4, 0.5) is 10.5 Å². The Morgan fingerprint density at radius 2 is 2.00 bits per heavy atom. The molecule has 0 saturated carbocycles. The lowest BCUT2D eigenvalue weighted by Crippen LogP contribution is -2.41. The standard InChI is InChI=1S/C12H12Cl2N2O2/c1-7-4-11(17)16(12(18)15-6-7)8-2-3-9(13)10(14)5-8/h2-3,5,7H,4,6H2,1H3,(H,15,18). The number of amides is 3. The second-order valence-corrected chi connectivity index (χ2v) is 5.14. The molecule has 1 fully saturated rings. The molecule has 0 aliphatic carbocycles. The molecule has 0 bridgehead atoms. The van der Waals surface area contributed by atoms with Crippen LogP contribution in [0, 0.1) is 5.92 Å². The fourth-order valence-corrected chi connectivity index (χ4v) is 2.09. The molecular formula is C12H12Cl2N2O2. The number of nitrogens with zero attached hydrogens (tertiary/aromatic N) is 1. The Morgan fingerprint density at radius 3 is 2.67 bits per heavy atom. The lowest BCUT2D eigenvalue weighted by Gasteiger charge is -2.18. The van der Waals surface area contributed by atoms with Gasteiger partial charge in [0.1, 0.15) is 0 Å². The number of carbonyl (C=O) groups is 2. The van der Waals surface area contributed by atoms with Crippen molar-refractivity contribution in [2.24, 2.45) is 5.92 Å². The average molecular weight is 287 g/mol. The third-order valence-corrected chi connectivity index (χ3v) is 3.48. The van der Waals surface area contributed by atoms with Gasteiger partial charge in [-0.1, -0.05) is 30.1 Å². The van der Waals surface area contributed by atoms with E-state index in [-0.39, 0.29) is 11.8 Å². The largest absolute Gasteiger partial charge is 0.337 e. The predicted molar refractivity (Wildman–Crippen MR) is 71.1 cm³/mol. The van der Waals surface area contributed by atoms with Gasteiger partial charge in [0.2, 0.25) is 5.91 Å². The first-order chi connectivity index (χ1) is 8.49. The Labute approximate surface area is 115 Å². The molecule has 0 radical (unpaired) electrons. The Morgan fingerprint density at radius 1 is 1.28 bits per heavy atom. The zero-order chi connectivity index (χ0) is 13.3. The number of carbonyl (C=O) groups excluding carboxylic acids is 2. The summed E-state index contributed by atoms with van der Waals surface area (Å²) in [5.41, 5.74) is 0.431. The van der Waals surface area contributed by atoms with Crippen molar-refractivity contribution in [2.45, 2.75) is 13.3 Å². The fraction of sp³-hybridized carbons (Fsp3) is 0.333. The maximum atomic E-state index is 12.0. The molecule has 1 saturated heterocycles. The Hall–Kier alpha value is -1.26. The van der Waals surface area contributed by atoms with Crippen molar-refractivity contribution in [1.82, 2.24) is 5.32 Å². The normalized spacial score (nSPS) is 20.6. The number of urea groups is 1. The number of nitrogens with one attached hydrogen (secondary N) is 1. The summed E-state index contributed by atoms with van der Waals surface area (Å²) in [6.45, 7) is 2.40. The number of hydrogen-bond acceptors (Lipinski definition) is 2. The smallest absolute Gasteiger partial charge is 0.328 e. The van der Waals surface area contributed by atoms with E-state index in [0.29, 0.717) is 28.7 Å². The van der Waals surface area contributed by atoms with Crippen LogP contribution >= 0.6 is 23.2 Å². The van der Waals surface area contributed by atoms with E-state index in [4.69, 9.17) is 23.2 Å². The second-order valence-electron chi connectivity index (χ2n) is 4.32. The highest BCUT2D eigenvalue weighted by Crippen LogP contribution is 2.28. The molecule has 1 aromatic carbocycles. The number of benzene rings is 1. The zero-order valence-electron chi connectivity index (χ0n) is 9.74. The molecule has 96 valence electrons. The van der Waals surface area contributed by atoms with E-state index in [9.17, 15) is 9.59 Å². The van der Waals surface area contributed by atoms with Crippen molar-refractivity contribution >= 4 is 40.8 Å². The molecule has 6 heteroatoms. The van der Waals surface area contributed by atoms with E-state index in [1.807, 2.05) is 6.92 Å². The molecule has 1 aromatic rings. The van der Waals surface area contributed by atoms with Gasteiger partial charge in [-0.15, -0.1) is 0 Å². The van der Waals surface area contributed by atoms with Crippen molar-refractivity contribution in [3.8, 4) is 0 Å². The highest BCUT2D eigenvalue weighted by atomic mass is 35.5. The van der Waals surface area contributed by atoms with Crippen LogP contribution in [0.25, 0.3) is 0 Å². The number of halogens is 2. The Bertz CT molecular complexity index is 505. The van der Waals surface area contributed by atoms with Crippen molar-refractivity contribution in [3.63, 3.8) is 0 Å². The summed E-state index contributed by atoms with van der Waals surface area (Å²) >= 11 is 11.7. The predicted octanol–water partition coefficient (Wildman–Crippen LogP) is 3.08. The van der Waals surface area contributed by atoms with Gasteiger partial charge in [0, 0.05) is 13.0 Å². The maximum absolute atomic E-state index is 12.0. The molecule has 1 aliphatic heterocycles. The average Bonchev–Trinajstić information content (AvgIpc) is 2.42. The molecule has 1 unspecified atom stereocenters. The molecule has 0 aromatic heterocycles. The first-order valence-electron chi connectivity index (χ1n) is 5.55. The second kappa shape index (κ2) is 5.16. The molecule has 0 spiro atoms.